The first-order valence-electron chi connectivity index (χ1n) is 7.14. The second kappa shape index (κ2) is 6.16. The van der Waals surface area contributed by atoms with E-state index in [0.29, 0.717) is 17.5 Å². The van der Waals surface area contributed by atoms with Crippen LogP contribution in [0.2, 0.25) is 0 Å². The van der Waals surface area contributed by atoms with Crippen molar-refractivity contribution in [2.24, 2.45) is 0 Å². The molecule has 2 aromatic carbocycles. The summed E-state index contributed by atoms with van der Waals surface area (Å²) in [5, 5.41) is 10.9. The van der Waals surface area contributed by atoms with E-state index in [2.05, 4.69) is 15.5 Å². The van der Waals surface area contributed by atoms with Crippen LogP contribution < -0.4 is 5.32 Å². The summed E-state index contributed by atoms with van der Waals surface area (Å²) in [7, 11) is 0. The number of benzene rings is 2. The molecule has 0 spiro atoms. The van der Waals surface area contributed by atoms with Crippen molar-refractivity contribution in [1.82, 2.24) is 10.2 Å². The van der Waals surface area contributed by atoms with E-state index in [-0.39, 0.29) is 6.04 Å². The fourth-order valence-corrected chi connectivity index (χ4v) is 2.17. The van der Waals surface area contributed by atoms with Crippen LogP contribution in [0.4, 0.5) is 14.5 Å². The van der Waals surface area contributed by atoms with E-state index in [1.807, 2.05) is 31.2 Å². The summed E-state index contributed by atoms with van der Waals surface area (Å²) in [5.74, 6) is -0.555. The Bertz CT molecular complexity index is 795. The third kappa shape index (κ3) is 3.53. The molecule has 3 rings (SSSR count). The summed E-state index contributed by atoms with van der Waals surface area (Å²) < 4.78 is 32.0. The van der Waals surface area contributed by atoms with Crippen LogP contribution in [-0.2, 0) is 0 Å². The Morgan fingerprint density at radius 2 is 1.65 bits per heavy atom. The molecule has 0 aliphatic rings. The highest BCUT2D eigenvalue weighted by Crippen LogP contribution is 2.24. The molecule has 0 amide bonds. The van der Waals surface area contributed by atoms with E-state index in [1.54, 1.807) is 6.92 Å². The Balaban J connectivity index is 1.78. The second-order valence-electron chi connectivity index (χ2n) is 5.34. The van der Waals surface area contributed by atoms with Gasteiger partial charge in [0, 0.05) is 17.3 Å². The first-order chi connectivity index (χ1) is 11.0. The first-order valence-corrected chi connectivity index (χ1v) is 7.14. The van der Waals surface area contributed by atoms with Crippen molar-refractivity contribution in [3.8, 4) is 11.5 Å². The minimum Gasteiger partial charge on any atom is -0.418 e. The molecule has 23 heavy (non-hydrogen) atoms. The molecule has 0 radical (unpaired) electrons. The number of nitrogens with zero attached hydrogens (tertiary/aromatic N) is 2. The van der Waals surface area contributed by atoms with Crippen LogP contribution in [0.1, 0.15) is 24.4 Å². The van der Waals surface area contributed by atoms with Crippen molar-refractivity contribution < 1.29 is 13.2 Å². The van der Waals surface area contributed by atoms with Gasteiger partial charge in [-0.25, -0.2) is 8.78 Å². The van der Waals surface area contributed by atoms with Crippen LogP contribution in [0, 0.1) is 18.6 Å². The maximum absolute atomic E-state index is 13.2. The van der Waals surface area contributed by atoms with Crippen LogP contribution >= 0.6 is 0 Å². The van der Waals surface area contributed by atoms with Gasteiger partial charge in [0.25, 0.3) is 0 Å². The Morgan fingerprint density at radius 1 is 1.00 bits per heavy atom. The van der Waals surface area contributed by atoms with Gasteiger partial charge in [-0.05, 0) is 38.1 Å². The average molecular weight is 315 g/mol. The molecule has 1 atom stereocenters. The number of aromatic nitrogens is 2. The van der Waals surface area contributed by atoms with Gasteiger partial charge in [0.1, 0.15) is 17.7 Å². The van der Waals surface area contributed by atoms with Gasteiger partial charge in [-0.3, -0.25) is 0 Å². The normalized spacial score (nSPS) is 12.2. The van der Waals surface area contributed by atoms with E-state index in [9.17, 15) is 8.78 Å². The predicted molar refractivity (Wildman–Crippen MR) is 82.9 cm³/mol. The largest absolute Gasteiger partial charge is 0.418 e. The minimum absolute atomic E-state index is 0.310. The van der Waals surface area contributed by atoms with Gasteiger partial charge in [0.2, 0.25) is 11.8 Å². The summed E-state index contributed by atoms with van der Waals surface area (Å²) in [6.45, 7) is 3.77. The molecule has 0 saturated heterocycles. The number of halogens is 2. The molecule has 0 saturated carbocycles. The molecule has 1 aromatic heterocycles. The molecule has 1 N–H and O–H groups in total. The van der Waals surface area contributed by atoms with E-state index in [4.69, 9.17) is 4.42 Å². The molecule has 0 aliphatic heterocycles. The molecule has 0 aliphatic carbocycles. The lowest BCUT2D eigenvalue weighted by molar-refractivity contribution is 0.484. The van der Waals surface area contributed by atoms with Crippen molar-refractivity contribution in [3.63, 3.8) is 0 Å². The molecule has 6 heteroatoms. The van der Waals surface area contributed by atoms with Crippen LogP contribution in [-0.4, -0.2) is 10.2 Å². The van der Waals surface area contributed by atoms with Gasteiger partial charge in [0.05, 0.1) is 0 Å². The minimum atomic E-state index is -0.648. The maximum Gasteiger partial charge on any atom is 0.247 e. The zero-order valence-electron chi connectivity index (χ0n) is 12.7. The van der Waals surface area contributed by atoms with Gasteiger partial charge in [-0.15, -0.1) is 10.2 Å². The lowest BCUT2D eigenvalue weighted by Crippen LogP contribution is -2.07. The van der Waals surface area contributed by atoms with E-state index in [0.717, 1.165) is 17.2 Å². The highest BCUT2D eigenvalue weighted by Gasteiger charge is 2.15. The molecule has 4 nitrogen and oxygen atoms in total. The maximum atomic E-state index is 13.2. The highest BCUT2D eigenvalue weighted by atomic mass is 19.1. The zero-order chi connectivity index (χ0) is 16.4. The van der Waals surface area contributed by atoms with Gasteiger partial charge in [-0.1, -0.05) is 17.7 Å². The molecule has 0 unspecified atom stereocenters. The molecule has 0 bridgehead atoms. The van der Waals surface area contributed by atoms with Crippen molar-refractivity contribution in [1.29, 1.82) is 0 Å². The summed E-state index contributed by atoms with van der Waals surface area (Å²) in [6.07, 6.45) is 0. The Hall–Kier alpha value is -2.76. The fraction of sp³-hybridized carbons (Fsp3) is 0.176. The Labute approximate surface area is 132 Å². The number of hydrogen-bond donors (Lipinski definition) is 1. The lowest BCUT2D eigenvalue weighted by atomic mass is 10.1. The van der Waals surface area contributed by atoms with E-state index in [1.165, 1.54) is 12.1 Å². The Kier molecular flexibility index (Phi) is 4.06. The number of nitrogens with one attached hydrogen (secondary N) is 1. The summed E-state index contributed by atoms with van der Waals surface area (Å²) in [4.78, 5) is 0. The smallest absolute Gasteiger partial charge is 0.247 e. The fourth-order valence-electron chi connectivity index (χ4n) is 2.17. The highest BCUT2D eigenvalue weighted by molar-refractivity contribution is 5.53. The van der Waals surface area contributed by atoms with Crippen molar-refractivity contribution in [2.45, 2.75) is 19.9 Å². The molecule has 118 valence electrons. The topological polar surface area (TPSA) is 51.0 Å². The van der Waals surface area contributed by atoms with Gasteiger partial charge < -0.3 is 9.73 Å². The van der Waals surface area contributed by atoms with Crippen LogP contribution in [0.3, 0.4) is 0 Å². The number of hydrogen-bond acceptors (Lipinski definition) is 4. The molecule has 0 fully saturated rings. The van der Waals surface area contributed by atoms with Gasteiger partial charge in [0.15, 0.2) is 0 Å². The van der Waals surface area contributed by atoms with Crippen molar-refractivity contribution >= 4 is 5.69 Å². The standard InChI is InChI=1S/C17H15F2N3O/c1-10-3-5-12(6-4-10)17-22-21-16(23-17)11(2)20-15-8-13(18)7-14(19)9-15/h3-9,11,20H,1-2H3/t11-/m1/s1. The number of anilines is 1. The number of rotatable bonds is 4. The Morgan fingerprint density at radius 3 is 2.30 bits per heavy atom. The first kappa shape index (κ1) is 15.1. The SMILES string of the molecule is Cc1ccc(-c2nnc([C@@H](C)Nc3cc(F)cc(F)c3)o2)cc1. The van der Waals surface area contributed by atoms with Crippen LogP contribution in [0.5, 0.6) is 0 Å². The van der Waals surface area contributed by atoms with Gasteiger partial charge >= 0.3 is 0 Å². The third-order valence-electron chi connectivity index (χ3n) is 3.36. The monoisotopic (exact) mass is 315 g/mol. The van der Waals surface area contributed by atoms with Crippen molar-refractivity contribution in [2.75, 3.05) is 5.32 Å². The van der Waals surface area contributed by atoms with Crippen molar-refractivity contribution in [3.05, 3.63) is 65.6 Å². The van der Waals surface area contributed by atoms with E-state index < -0.39 is 11.6 Å². The van der Waals surface area contributed by atoms with Crippen LogP contribution in [0.25, 0.3) is 11.5 Å². The average Bonchev–Trinajstić information content (AvgIpc) is 2.97. The third-order valence-corrected chi connectivity index (χ3v) is 3.36. The number of aryl methyl sites for hydroxylation is 1. The summed E-state index contributed by atoms with van der Waals surface area (Å²) >= 11 is 0. The quantitative estimate of drug-likeness (QED) is 0.770. The zero-order valence-corrected chi connectivity index (χ0v) is 12.7. The van der Waals surface area contributed by atoms with Crippen LogP contribution in [0.15, 0.2) is 46.9 Å². The second-order valence-corrected chi connectivity index (χ2v) is 5.34. The lowest BCUT2D eigenvalue weighted by Gasteiger charge is -2.11. The van der Waals surface area contributed by atoms with E-state index >= 15 is 0 Å². The molecule has 3 aromatic rings. The predicted octanol–water partition coefficient (Wildman–Crippen LogP) is 4.50. The summed E-state index contributed by atoms with van der Waals surface area (Å²) in [5.41, 5.74) is 2.26. The van der Waals surface area contributed by atoms with Gasteiger partial charge in [-0.2, -0.15) is 0 Å². The molecule has 1 heterocycles. The molecular formula is C17H15F2N3O. The molecular weight excluding hydrogens is 300 g/mol. The summed E-state index contributed by atoms with van der Waals surface area (Å²) in [6, 6.07) is 10.5.